The molecular weight excluding hydrogens is 230 g/mol. The maximum absolute atomic E-state index is 11.6. The lowest BCUT2D eigenvalue weighted by molar-refractivity contribution is 0.0612. The van der Waals surface area contributed by atoms with E-state index in [2.05, 4.69) is 0 Å². The van der Waals surface area contributed by atoms with Gasteiger partial charge in [-0.25, -0.2) is 4.79 Å². The number of piperidine rings is 1. The molecule has 1 aromatic carbocycles. The highest BCUT2D eigenvalue weighted by Crippen LogP contribution is 2.18. The number of benzene rings is 1. The number of amides is 1. The molecule has 0 radical (unpaired) electrons. The first-order valence-corrected chi connectivity index (χ1v) is 6.43. The minimum Gasteiger partial charge on any atom is -0.489 e. The minimum absolute atomic E-state index is 0.0607. The lowest BCUT2D eigenvalue weighted by atomic mass is 10.1. The molecule has 1 unspecified atom stereocenters. The van der Waals surface area contributed by atoms with Crippen molar-refractivity contribution in [3.8, 4) is 5.75 Å². The molecule has 0 aromatic heterocycles. The summed E-state index contributed by atoms with van der Waals surface area (Å²) in [4.78, 5) is 13.4. The number of hydrogen-bond acceptors (Lipinski definition) is 3. The summed E-state index contributed by atoms with van der Waals surface area (Å²) in [5.41, 5.74) is 0. The molecule has 4 heteroatoms. The van der Waals surface area contributed by atoms with Crippen LogP contribution < -0.4 is 4.74 Å². The number of ether oxygens (including phenoxy) is 2. The van der Waals surface area contributed by atoms with Gasteiger partial charge in [0.15, 0.2) is 0 Å². The van der Waals surface area contributed by atoms with Crippen LogP contribution in [0.1, 0.15) is 19.8 Å². The van der Waals surface area contributed by atoms with Gasteiger partial charge in [0.25, 0.3) is 0 Å². The molecular formula is C14H19NO3. The third-order valence-corrected chi connectivity index (χ3v) is 2.95. The monoisotopic (exact) mass is 249 g/mol. The Balaban J connectivity index is 1.89. The summed E-state index contributed by atoms with van der Waals surface area (Å²) in [5, 5.41) is 0. The number of para-hydroxylation sites is 1. The Labute approximate surface area is 107 Å². The second-order valence-electron chi connectivity index (χ2n) is 4.34. The van der Waals surface area contributed by atoms with Gasteiger partial charge in [0.05, 0.1) is 13.2 Å². The number of rotatable bonds is 3. The highest BCUT2D eigenvalue weighted by molar-refractivity contribution is 5.67. The Morgan fingerprint density at radius 1 is 1.39 bits per heavy atom. The van der Waals surface area contributed by atoms with Crippen molar-refractivity contribution in [2.75, 3.05) is 19.7 Å². The van der Waals surface area contributed by atoms with E-state index in [0.717, 1.165) is 25.1 Å². The average molecular weight is 249 g/mol. The van der Waals surface area contributed by atoms with E-state index >= 15 is 0 Å². The standard InChI is InChI=1S/C14H19NO3/c1-2-17-14(16)15-10-6-9-13(11-15)18-12-7-4-3-5-8-12/h3-5,7-8,13H,2,6,9-11H2,1H3. The smallest absolute Gasteiger partial charge is 0.409 e. The molecule has 1 heterocycles. The highest BCUT2D eigenvalue weighted by atomic mass is 16.6. The predicted octanol–water partition coefficient (Wildman–Crippen LogP) is 2.69. The van der Waals surface area contributed by atoms with Crippen LogP contribution in [0.25, 0.3) is 0 Å². The molecule has 0 bridgehead atoms. The Morgan fingerprint density at radius 3 is 2.89 bits per heavy atom. The molecule has 1 fully saturated rings. The number of nitrogens with zero attached hydrogens (tertiary/aromatic N) is 1. The zero-order valence-electron chi connectivity index (χ0n) is 10.7. The van der Waals surface area contributed by atoms with Gasteiger partial charge >= 0.3 is 6.09 Å². The van der Waals surface area contributed by atoms with Crippen molar-refractivity contribution < 1.29 is 14.3 Å². The minimum atomic E-state index is -0.237. The van der Waals surface area contributed by atoms with Crippen molar-refractivity contribution in [3.63, 3.8) is 0 Å². The molecule has 18 heavy (non-hydrogen) atoms. The zero-order valence-corrected chi connectivity index (χ0v) is 10.7. The van der Waals surface area contributed by atoms with Crippen LogP contribution in [0.5, 0.6) is 5.75 Å². The Hall–Kier alpha value is -1.71. The quantitative estimate of drug-likeness (QED) is 0.826. The van der Waals surface area contributed by atoms with Crippen LogP contribution in [0, 0.1) is 0 Å². The summed E-state index contributed by atoms with van der Waals surface area (Å²) in [6.07, 6.45) is 1.76. The number of carbonyl (C=O) groups is 1. The molecule has 1 amide bonds. The maximum Gasteiger partial charge on any atom is 0.409 e. The number of carbonyl (C=O) groups excluding carboxylic acids is 1. The van der Waals surface area contributed by atoms with E-state index in [4.69, 9.17) is 9.47 Å². The molecule has 1 saturated heterocycles. The van der Waals surface area contributed by atoms with Gasteiger partial charge in [0.2, 0.25) is 0 Å². The zero-order chi connectivity index (χ0) is 12.8. The molecule has 1 aliphatic heterocycles. The molecule has 98 valence electrons. The van der Waals surface area contributed by atoms with Gasteiger partial charge in [0, 0.05) is 6.54 Å². The van der Waals surface area contributed by atoms with Crippen LogP contribution in [-0.2, 0) is 4.74 Å². The van der Waals surface area contributed by atoms with Crippen LogP contribution >= 0.6 is 0 Å². The first-order valence-electron chi connectivity index (χ1n) is 6.43. The van der Waals surface area contributed by atoms with Gasteiger partial charge in [-0.2, -0.15) is 0 Å². The van der Waals surface area contributed by atoms with E-state index in [1.807, 2.05) is 37.3 Å². The summed E-state index contributed by atoms with van der Waals surface area (Å²) in [5.74, 6) is 0.855. The van der Waals surface area contributed by atoms with Crippen LogP contribution in [0.2, 0.25) is 0 Å². The highest BCUT2D eigenvalue weighted by Gasteiger charge is 2.25. The van der Waals surface area contributed by atoms with Crippen molar-refractivity contribution >= 4 is 6.09 Å². The van der Waals surface area contributed by atoms with Crippen molar-refractivity contribution in [3.05, 3.63) is 30.3 Å². The molecule has 2 rings (SSSR count). The van der Waals surface area contributed by atoms with Gasteiger partial charge in [-0.15, -0.1) is 0 Å². The SMILES string of the molecule is CCOC(=O)N1CCCC(Oc2ccccc2)C1. The fourth-order valence-corrected chi connectivity index (χ4v) is 2.11. The second-order valence-corrected chi connectivity index (χ2v) is 4.34. The van der Waals surface area contributed by atoms with Gasteiger partial charge in [0.1, 0.15) is 11.9 Å². The van der Waals surface area contributed by atoms with E-state index in [-0.39, 0.29) is 12.2 Å². The van der Waals surface area contributed by atoms with E-state index in [0.29, 0.717) is 13.2 Å². The van der Waals surface area contributed by atoms with Gasteiger partial charge in [-0.3, -0.25) is 0 Å². The summed E-state index contributed by atoms with van der Waals surface area (Å²) in [6.45, 7) is 3.60. The fourth-order valence-electron chi connectivity index (χ4n) is 2.11. The van der Waals surface area contributed by atoms with Crippen molar-refractivity contribution in [2.24, 2.45) is 0 Å². The second kappa shape index (κ2) is 6.28. The first kappa shape index (κ1) is 12.7. The topological polar surface area (TPSA) is 38.8 Å². The lowest BCUT2D eigenvalue weighted by Gasteiger charge is -2.32. The Morgan fingerprint density at radius 2 is 2.17 bits per heavy atom. The van der Waals surface area contributed by atoms with Gasteiger partial charge in [-0.05, 0) is 31.9 Å². The molecule has 1 atom stereocenters. The third-order valence-electron chi connectivity index (χ3n) is 2.95. The molecule has 0 saturated carbocycles. The van der Waals surface area contributed by atoms with Gasteiger partial charge < -0.3 is 14.4 Å². The molecule has 0 spiro atoms. The maximum atomic E-state index is 11.6. The molecule has 0 aliphatic carbocycles. The fraction of sp³-hybridized carbons (Fsp3) is 0.500. The third kappa shape index (κ3) is 3.39. The largest absolute Gasteiger partial charge is 0.489 e. The number of likely N-dealkylation sites (tertiary alicyclic amines) is 1. The van der Waals surface area contributed by atoms with Crippen LogP contribution in [0.4, 0.5) is 4.79 Å². The van der Waals surface area contributed by atoms with Crippen LogP contribution in [-0.4, -0.2) is 36.8 Å². The molecule has 1 aromatic rings. The van der Waals surface area contributed by atoms with Crippen molar-refractivity contribution in [2.45, 2.75) is 25.9 Å². The van der Waals surface area contributed by atoms with E-state index in [1.165, 1.54) is 0 Å². The average Bonchev–Trinajstić information content (AvgIpc) is 2.40. The van der Waals surface area contributed by atoms with Crippen molar-refractivity contribution in [1.82, 2.24) is 4.90 Å². The van der Waals surface area contributed by atoms with Crippen molar-refractivity contribution in [1.29, 1.82) is 0 Å². The first-order chi connectivity index (χ1) is 8.79. The van der Waals surface area contributed by atoms with E-state index < -0.39 is 0 Å². The summed E-state index contributed by atoms with van der Waals surface area (Å²) < 4.78 is 10.9. The van der Waals surface area contributed by atoms with E-state index in [9.17, 15) is 4.79 Å². The molecule has 1 aliphatic rings. The number of hydrogen-bond donors (Lipinski definition) is 0. The Bertz CT molecular complexity index is 380. The summed E-state index contributed by atoms with van der Waals surface area (Å²) in [7, 11) is 0. The summed E-state index contributed by atoms with van der Waals surface area (Å²) in [6, 6.07) is 9.72. The lowest BCUT2D eigenvalue weighted by Crippen LogP contribution is -2.44. The summed E-state index contributed by atoms with van der Waals surface area (Å²) >= 11 is 0. The van der Waals surface area contributed by atoms with E-state index in [1.54, 1.807) is 4.90 Å². The van der Waals surface area contributed by atoms with Gasteiger partial charge in [-0.1, -0.05) is 18.2 Å². The van der Waals surface area contributed by atoms with Crippen LogP contribution in [0.3, 0.4) is 0 Å². The molecule has 0 N–H and O–H groups in total. The van der Waals surface area contributed by atoms with Crippen LogP contribution in [0.15, 0.2) is 30.3 Å². The predicted molar refractivity (Wildman–Crippen MR) is 68.7 cm³/mol. The normalized spacial score (nSPS) is 19.4. The Kier molecular flexibility index (Phi) is 4.45. The molecule has 4 nitrogen and oxygen atoms in total.